The Labute approximate surface area is 160 Å². The van der Waals surface area contributed by atoms with Gasteiger partial charge in [-0.05, 0) is 37.2 Å². The number of halogens is 1. The van der Waals surface area contributed by atoms with Crippen molar-refractivity contribution < 1.29 is 14.6 Å². The summed E-state index contributed by atoms with van der Waals surface area (Å²) in [5.41, 5.74) is 1.57. The van der Waals surface area contributed by atoms with Gasteiger partial charge in [-0.1, -0.05) is 31.2 Å². The zero-order valence-electron chi connectivity index (χ0n) is 15.6. The number of benzene rings is 1. The van der Waals surface area contributed by atoms with Gasteiger partial charge in [0.05, 0.1) is 23.0 Å². The molecule has 0 fully saturated rings. The lowest BCUT2D eigenvalue weighted by Crippen LogP contribution is -2.22. The fourth-order valence-corrected chi connectivity index (χ4v) is 3.41. The van der Waals surface area contributed by atoms with Gasteiger partial charge >= 0.3 is 5.97 Å². The molecule has 0 aliphatic heterocycles. The van der Waals surface area contributed by atoms with Crippen molar-refractivity contribution in [3.05, 3.63) is 46.7 Å². The Morgan fingerprint density at radius 3 is 2.77 bits per heavy atom. The van der Waals surface area contributed by atoms with E-state index in [9.17, 15) is 9.90 Å². The number of hydrogen-bond donors (Lipinski definition) is 2. The summed E-state index contributed by atoms with van der Waals surface area (Å²) in [5.74, 6) is -1.00. The molecular formula is C18H26ClN3O3Si. The highest BCUT2D eigenvalue weighted by Crippen LogP contribution is 2.26. The smallest absolute Gasteiger partial charge is 0.337 e. The van der Waals surface area contributed by atoms with Gasteiger partial charge in [0, 0.05) is 25.9 Å². The molecule has 2 rings (SSSR count). The lowest BCUT2D eigenvalue weighted by atomic mass is 10.1. The van der Waals surface area contributed by atoms with Crippen LogP contribution in [0.2, 0.25) is 30.7 Å². The van der Waals surface area contributed by atoms with Crippen molar-refractivity contribution >= 4 is 31.3 Å². The van der Waals surface area contributed by atoms with Gasteiger partial charge in [0.15, 0.2) is 0 Å². The van der Waals surface area contributed by atoms with Crippen LogP contribution in [0.25, 0.3) is 0 Å². The topological polar surface area (TPSA) is 76.4 Å². The van der Waals surface area contributed by atoms with Gasteiger partial charge in [-0.3, -0.25) is 0 Å². The van der Waals surface area contributed by atoms with E-state index in [4.69, 9.17) is 16.3 Å². The van der Waals surface area contributed by atoms with Gasteiger partial charge in [0.25, 0.3) is 0 Å². The second kappa shape index (κ2) is 8.70. The van der Waals surface area contributed by atoms with E-state index < -0.39 is 14.0 Å². The molecule has 0 aliphatic rings. The van der Waals surface area contributed by atoms with Crippen LogP contribution in [-0.2, 0) is 11.5 Å². The van der Waals surface area contributed by atoms with E-state index in [1.807, 2.05) is 13.0 Å². The standard InChI is InChI=1S/C18H26ClN3O3Si/c1-13(21-16-11-14(19)5-6-15(16)18(23)24)17-7-8-20-22(17)12-25-9-10-26(2,3)4/h5-8,11,13,21H,9-10,12H2,1-4H3,(H,23,24). The van der Waals surface area contributed by atoms with Crippen LogP contribution in [0.1, 0.15) is 29.0 Å². The number of nitrogens with one attached hydrogen (secondary N) is 1. The molecule has 26 heavy (non-hydrogen) atoms. The summed E-state index contributed by atoms with van der Waals surface area (Å²) in [6.45, 7) is 9.97. The van der Waals surface area contributed by atoms with Crippen LogP contribution in [0.15, 0.2) is 30.5 Å². The Kier molecular flexibility index (Phi) is 6.85. The number of ether oxygens (including phenoxy) is 1. The van der Waals surface area contributed by atoms with E-state index >= 15 is 0 Å². The van der Waals surface area contributed by atoms with Crippen LogP contribution in [0, 0.1) is 0 Å². The van der Waals surface area contributed by atoms with E-state index in [1.165, 1.54) is 6.07 Å². The molecule has 0 amide bonds. The van der Waals surface area contributed by atoms with Crippen molar-refractivity contribution in [2.75, 3.05) is 11.9 Å². The molecule has 0 spiro atoms. The molecule has 2 N–H and O–H groups in total. The van der Waals surface area contributed by atoms with Crippen LogP contribution in [0.3, 0.4) is 0 Å². The number of rotatable bonds is 9. The van der Waals surface area contributed by atoms with E-state index in [2.05, 4.69) is 30.1 Å². The fraction of sp³-hybridized carbons (Fsp3) is 0.444. The average molecular weight is 396 g/mol. The minimum atomic E-state index is -1.12. The van der Waals surface area contributed by atoms with Gasteiger partial charge < -0.3 is 15.2 Å². The highest BCUT2D eigenvalue weighted by molar-refractivity contribution is 6.76. The molecule has 8 heteroatoms. The predicted octanol–water partition coefficient (Wildman–Crippen LogP) is 4.72. The Bertz CT molecular complexity index is 758. The molecular weight excluding hydrogens is 370 g/mol. The van der Waals surface area contributed by atoms with Gasteiger partial charge in [-0.15, -0.1) is 0 Å². The number of anilines is 1. The first-order valence-corrected chi connectivity index (χ1v) is 12.6. The van der Waals surface area contributed by atoms with Crippen molar-refractivity contribution in [3.63, 3.8) is 0 Å². The summed E-state index contributed by atoms with van der Waals surface area (Å²) in [6.07, 6.45) is 1.71. The van der Waals surface area contributed by atoms with Crippen molar-refractivity contribution in [3.8, 4) is 0 Å². The summed E-state index contributed by atoms with van der Waals surface area (Å²) in [6, 6.07) is 7.52. The van der Waals surface area contributed by atoms with Crippen molar-refractivity contribution in [2.45, 2.75) is 45.4 Å². The normalized spacial score (nSPS) is 12.8. The van der Waals surface area contributed by atoms with Crippen molar-refractivity contribution in [2.24, 2.45) is 0 Å². The third kappa shape index (κ3) is 5.86. The highest BCUT2D eigenvalue weighted by atomic mass is 35.5. The SMILES string of the molecule is CC(Nc1cc(Cl)ccc1C(=O)O)c1ccnn1COCC[Si](C)(C)C. The van der Waals surface area contributed by atoms with Crippen LogP contribution in [0.5, 0.6) is 0 Å². The molecule has 1 unspecified atom stereocenters. The number of aromatic carboxylic acids is 1. The maximum Gasteiger partial charge on any atom is 0.337 e. The molecule has 1 aromatic heterocycles. The molecule has 0 aliphatic carbocycles. The number of hydrogen-bond acceptors (Lipinski definition) is 4. The average Bonchev–Trinajstić information content (AvgIpc) is 2.99. The van der Waals surface area contributed by atoms with Crippen molar-refractivity contribution in [1.82, 2.24) is 9.78 Å². The van der Waals surface area contributed by atoms with E-state index in [0.717, 1.165) is 11.7 Å². The molecule has 1 atom stereocenters. The highest BCUT2D eigenvalue weighted by Gasteiger charge is 2.17. The van der Waals surface area contributed by atoms with E-state index in [0.29, 0.717) is 24.0 Å². The minimum Gasteiger partial charge on any atom is -0.478 e. The Hall–Kier alpha value is -1.83. The van der Waals surface area contributed by atoms with Gasteiger partial charge in [0.1, 0.15) is 6.73 Å². The predicted molar refractivity (Wildman–Crippen MR) is 107 cm³/mol. The fourth-order valence-electron chi connectivity index (χ4n) is 2.48. The summed E-state index contributed by atoms with van der Waals surface area (Å²) in [5, 5.41) is 17.3. The minimum absolute atomic E-state index is 0.158. The monoisotopic (exact) mass is 395 g/mol. The molecule has 0 radical (unpaired) electrons. The van der Waals surface area contributed by atoms with E-state index in [-0.39, 0.29) is 11.6 Å². The lowest BCUT2D eigenvalue weighted by molar-refractivity contribution is 0.0697. The van der Waals surface area contributed by atoms with Crippen LogP contribution in [-0.4, -0.2) is 35.5 Å². The largest absolute Gasteiger partial charge is 0.478 e. The number of aromatic nitrogens is 2. The zero-order chi connectivity index (χ0) is 19.3. The first-order valence-electron chi connectivity index (χ1n) is 8.56. The molecule has 6 nitrogen and oxygen atoms in total. The summed E-state index contributed by atoms with van der Waals surface area (Å²) < 4.78 is 7.55. The van der Waals surface area contributed by atoms with E-state index in [1.54, 1.807) is 23.0 Å². The number of nitrogens with zero attached hydrogens (tertiary/aromatic N) is 2. The Morgan fingerprint density at radius 2 is 2.12 bits per heavy atom. The second-order valence-corrected chi connectivity index (χ2v) is 13.5. The number of carboxylic acid groups (broad SMARTS) is 1. The van der Waals surface area contributed by atoms with Crippen LogP contribution in [0.4, 0.5) is 5.69 Å². The van der Waals surface area contributed by atoms with Crippen LogP contribution < -0.4 is 5.32 Å². The summed E-state index contributed by atoms with van der Waals surface area (Å²) in [7, 11) is -1.12. The van der Waals surface area contributed by atoms with Crippen LogP contribution >= 0.6 is 11.6 Å². The molecule has 142 valence electrons. The first-order chi connectivity index (χ1) is 12.2. The maximum absolute atomic E-state index is 11.4. The maximum atomic E-state index is 11.4. The Balaban J connectivity index is 2.05. The first kappa shape index (κ1) is 20.5. The van der Waals surface area contributed by atoms with Crippen molar-refractivity contribution in [1.29, 1.82) is 0 Å². The molecule has 2 aromatic rings. The molecule has 0 bridgehead atoms. The van der Waals surface area contributed by atoms with Gasteiger partial charge in [-0.2, -0.15) is 5.10 Å². The third-order valence-corrected chi connectivity index (χ3v) is 5.93. The molecule has 1 heterocycles. The second-order valence-electron chi connectivity index (χ2n) is 7.46. The molecule has 0 saturated heterocycles. The Morgan fingerprint density at radius 1 is 1.38 bits per heavy atom. The van der Waals surface area contributed by atoms with Gasteiger partial charge in [-0.25, -0.2) is 9.48 Å². The number of carbonyl (C=O) groups is 1. The lowest BCUT2D eigenvalue weighted by Gasteiger charge is -2.19. The van der Waals surface area contributed by atoms with Gasteiger partial charge in [0.2, 0.25) is 0 Å². The summed E-state index contributed by atoms with van der Waals surface area (Å²) in [4.78, 5) is 11.4. The quantitative estimate of drug-likeness (QED) is 0.474. The zero-order valence-corrected chi connectivity index (χ0v) is 17.4. The summed E-state index contributed by atoms with van der Waals surface area (Å²) >= 11 is 6.02. The molecule has 1 aromatic carbocycles. The molecule has 0 saturated carbocycles. The number of carboxylic acids is 1. The third-order valence-electron chi connectivity index (χ3n) is 3.99.